The molecule has 3 heteroatoms. The predicted molar refractivity (Wildman–Crippen MR) is 64.9 cm³/mol. The van der Waals surface area contributed by atoms with Gasteiger partial charge in [0.15, 0.2) is 0 Å². The maximum atomic E-state index is 11.7. The lowest BCUT2D eigenvalue weighted by atomic mass is 10.00. The average Bonchev–Trinajstić information content (AvgIpc) is 2.27. The van der Waals surface area contributed by atoms with Crippen molar-refractivity contribution in [2.45, 2.75) is 72.3 Å². The quantitative estimate of drug-likeness (QED) is 0.469. The van der Waals surface area contributed by atoms with Crippen molar-refractivity contribution in [3.05, 3.63) is 0 Å². The molecule has 0 amide bonds. The SMILES string of the molecule is CCCC[C@@H](CC)C(=O)OOC(C)(C)CC. The van der Waals surface area contributed by atoms with Gasteiger partial charge in [0.1, 0.15) is 5.60 Å². The van der Waals surface area contributed by atoms with Gasteiger partial charge in [-0.15, -0.1) is 0 Å². The summed E-state index contributed by atoms with van der Waals surface area (Å²) in [6.45, 7) is 9.95. The summed E-state index contributed by atoms with van der Waals surface area (Å²) in [5.74, 6) is -0.245. The molecule has 0 fully saturated rings. The van der Waals surface area contributed by atoms with Crippen molar-refractivity contribution in [3.8, 4) is 0 Å². The molecule has 0 unspecified atom stereocenters. The molecule has 0 aliphatic carbocycles. The molecule has 0 bridgehead atoms. The normalized spacial score (nSPS) is 13.6. The average molecular weight is 230 g/mol. The molecule has 0 radical (unpaired) electrons. The molecular formula is C13H26O3. The number of unbranched alkanes of at least 4 members (excludes halogenated alkanes) is 1. The summed E-state index contributed by atoms with van der Waals surface area (Å²) in [6, 6.07) is 0. The number of carbonyl (C=O) groups is 1. The van der Waals surface area contributed by atoms with Crippen molar-refractivity contribution >= 4 is 5.97 Å². The van der Waals surface area contributed by atoms with Gasteiger partial charge in [-0.3, -0.25) is 4.89 Å². The summed E-state index contributed by atoms with van der Waals surface area (Å²) >= 11 is 0. The Hall–Kier alpha value is -0.570. The molecule has 0 saturated heterocycles. The van der Waals surface area contributed by atoms with Crippen LogP contribution in [-0.4, -0.2) is 11.6 Å². The van der Waals surface area contributed by atoms with E-state index in [1.807, 2.05) is 27.7 Å². The van der Waals surface area contributed by atoms with E-state index in [4.69, 9.17) is 9.78 Å². The van der Waals surface area contributed by atoms with Crippen molar-refractivity contribution in [1.82, 2.24) is 0 Å². The third kappa shape index (κ3) is 6.11. The molecule has 0 heterocycles. The zero-order chi connectivity index (χ0) is 12.6. The number of hydrogen-bond acceptors (Lipinski definition) is 3. The van der Waals surface area contributed by atoms with Crippen LogP contribution in [0.1, 0.15) is 66.7 Å². The molecule has 16 heavy (non-hydrogen) atoms. The van der Waals surface area contributed by atoms with E-state index in [0.29, 0.717) is 0 Å². The molecule has 0 aromatic heterocycles. The van der Waals surface area contributed by atoms with E-state index in [-0.39, 0.29) is 11.9 Å². The molecule has 0 aromatic rings. The zero-order valence-corrected chi connectivity index (χ0v) is 11.3. The fraction of sp³-hybridized carbons (Fsp3) is 0.923. The Morgan fingerprint density at radius 1 is 1.25 bits per heavy atom. The minimum absolute atomic E-state index is 0.0207. The van der Waals surface area contributed by atoms with Crippen LogP contribution in [0.5, 0.6) is 0 Å². The maximum Gasteiger partial charge on any atom is 0.345 e. The smallest absolute Gasteiger partial charge is 0.298 e. The third-order valence-corrected chi connectivity index (χ3v) is 2.93. The fourth-order valence-electron chi connectivity index (χ4n) is 1.22. The van der Waals surface area contributed by atoms with Crippen LogP contribution in [-0.2, 0) is 14.6 Å². The fourth-order valence-corrected chi connectivity index (χ4v) is 1.22. The van der Waals surface area contributed by atoms with Gasteiger partial charge >= 0.3 is 5.97 Å². The lowest BCUT2D eigenvalue weighted by Crippen LogP contribution is -2.27. The summed E-state index contributed by atoms with van der Waals surface area (Å²) in [5.41, 5.74) is -0.390. The highest BCUT2D eigenvalue weighted by Gasteiger charge is 2.23. The third-order valence-electron chi connectivity index (χ3n) is 2.93. The Labute approximate surface area is 99.4 Å². The first-order valence-corrected chi connectivity index (χ1v) is 6.36. The van der Waals surface area contributed by atoms with Gasteiger partial charge in [-0.1, -0.05) is 33.6 Å². The van der Waals surface area contributed by atoms with Crippen molar-refractivity contribution in [1.29, 1.82) is 0 Å². The van der Waals surface area contributed by atoms with E-state index in [0.717, 1.165) is 32.1 Å². The summed E-state index contributed by atoms with van der Waals surface area (Å²) in [6.07, 6.45) is 4.68. The molecule has 0 saturated carbocycles. The molecule has 3 nitrogen and oxygen atoms in total. The molecule has 0 spiro atoms. The topological polar surface area (TPSA) is 35.5 Å². The van der Waals surface area contributed by atoms with Crippen LogP contribution in [0.2, 0.25) is 0 Å². The van der Waals surface area contributed by atoms with Gasteiger partial charge in [0.05, 0.1) is 5.92 Å². The van der Waals surface area contributed by atoms with Crippen LogP contribution >= 0.6 is 0 Å². The minimum atomic E-state index is -0.390. The maximum absolute atomic E-state index is 11.7. The van der Waals surface area contributed by atoms with Crippen LogP contribution < -0.4 is 0 Å². The van der Waals surface area contributed by atoms with Gasteiger partial charge in [-0.25, -0.2) is 4.79 Å². The van der Waals surface area contributed by atoms with E-state index in [1.165, 1.54) is 0 Å². The number of hydrogen-bond donors (Lipinski definition) is 0. The lowest BCUT2D eigenvalue weighted by Gasteiger charge is -2.22. The molecule has 0 N–H and O–H groups in total. The standard InChI is InChI=1S/C13H26O3/c1-6-9-10-11(7-2)12(14)15-16-13(4,5)8-3/h11H,6-10H2,1-5H3/t11-/m1/s1. The highest BCUT2D eigenvalue weighted by atomic mass is 17.2. The van der Waals surface area contributed by atoms with Crippen molar-refractivity contribution in [2.24, 2.45) is 5.92 Å². The summed E-state index contributed by atoms with van der Waals surface area (Å²) < 4.78 is 0. The Morgan fingerprint density at radius 3 is 2.31 bits per heavy atom. The van der Waals surface area contributed by atoms with Gasteiger partial charge in [-0.05, 0) is 33.1 Å². The van der Waals surface area contributed by atoms with Crippen LogP contribution in [0.25, 0.3) is 0 Å². The second kappa shape index (κ2) is 7.66. The highest BCUT2D eigenvalue weighted by Crippen LogP contribution is 2.18. The Bertz CT molecular complexity index is 199. The van der Waals surface area contributed by atoms with Crippen LogP contribution in [0.15, 0.2) is 0 Å². The van der Waals surface area contributed by atoms with E-state index in [2.05, 4.69) is 6.92 Å². The van der Waals surface area contributed by atoms with E-state index in [9.17, 15) is 4.79 Å². The van der Waals surface area contributed by atoms with Crippen LogP contribution in [0.3, 0.4) is 0 Å². The molecule has 0 aliphatic rings. The molecule has 0 aliphatic heterocycles. The van der Waals surface area contributed by atoms with Crippen molar-refractivity contribution in [3.63, 3.8) is 0 Å². The largest absolute Gasteiger partial charge is 0.345 e. The first kappa shape index (κ1) is 15.4. The molecule has 0 aromatic carbocycles. The Morgan fingerprint density at radius 2 is 1.88 bits per heavy atom. The monoisotopic (exact) mass is 230 g/mol. The summed E-state index contributed by atoms with van der Waals surface area (Å²) in [7, 11) is 0. The zero-order valence-electron chi connectivity index (χ0n) is 11.3. The van der Waals surface area contributed by atoms with Gasteiger partial charge < -0.3 is 0 Å². The minimum Gasteiger partial charge on any atom is -0.298 e. The number of rotatable bonds is 8. The van der Waals surface area contributed by atoms with Gasteiger partial charge in [0, 0.05) is 0 Å². The van der Waals surface area contributed by atoms with Gasteiger partial charge in [-0.2, -0.15) is 4.89 Å². The predicted octanol–water partition coefficient (Wildman–Crippen LogP) is 3.87. The van der Waals surface area contributed by atoms with E-state index >= 15 is 0 Å². The first-order chi connectivity index (χ1) is 7.46. The second-order valence-electron chi connectivity index (χ2n) is 4.85. The molecule has 0 rings (SSSR count). The van der Waals surface area contributed by atoms with Gasteiger partial charge in [0.2, 0.25) is 0 Å². The second-order valence-corrected chi connectivity index (χ2v) is 4.85. The Kier molecular flexibility index (Phi) is 7.39. The van der Waals surface area contributed by atoms with Crippen molar-refractivity contribution in [2.75, 3.05) is 0 Å². The lowest BCUT2D eigenvalue weighted by molar-refractivity contribution is -0.328. The van der Waals surface area contributed by atoms with E-state index < -0.39 is 5.60 Å². The van der Waals surface area contributed by atoms with Crippen LogP contribution in [0, 0.1) is 5.92 Å². The molecule has 96 valence electrons. The van der Waals surface area contributed by atoms with Crippen molar-refractivity contribution < 1.29 is 14.6 Å². The first-order valence-electron chi connectivity index (χ1n) is 6.36. The summed E-state index contributed by atoms with van der Waals surface area (Å²) in [5, 5.41) is 0. The molecular weight excluding hydrogens is 204 g/mol. The van der Waals surface area contributed by atoms with Crippen LogP contribution in [0.4, 0.5) is 0 Å². The Balaban J connectivity index is 4.01. The summed E-state index contributed by atoms with van der Waals surface area (Å²) in [4.78, 5) is 21.8. The van der Waals surface area contributed by atoms with E-state index in [1.54, 1.807) is 0 Å². The van der Waals surface area contributed by atoms with Gasteiger partial charge in [0.25, 0.3) is 0 Å². The highest BCUT2D eigenvalue weighted by molar-refractivity contribution is 5.71. The number of carbonyl (C=O) groups excluding carboxylic acids is 1. The molecule has 1 atom stereocenters.